The summed E-state index contributed by atoms with van der Waals surface area (Å²) in [6.07, 6.45) is 0. The zero-order valence-electron chi connectivity index (χ0n) is 11.0. The molecule has 0 saturated carbocycles. The van der Waals surface area contributed by atoms with Crippen LogP contribution < -0.4 is 5.73 Å². The van der Waals surface area contributed by atoms with E-state index in [4.69, 9.17) is 5.73 Å². The molecule has 0 unspecified atom stereocenters. The van der Waals surface area contributed by atoms with E-state index in [1.807, 2.05) is 26.8 Å². The van der Waals surface area contributed by atoms with Gasteiger partial charge in [0.2, 0.25) is 0 Å². The van der Waals surface area contributed by atoms with Gasteiger partial charge in [0.25, 0.3) is 0 Å². The lowest BCUT2D eigenvalue weighted by molar-refractivity contribution is 0.562. The van der Waals surface area contributed by atoms with Crippen LogP contribution in [0.3, 0.4) is 0 Å². The number of aromatic nitrogens is 1. The fourth-order valence-electron chi connectivity index (χ4n) is 1.93. The Labute approximate surface area is 120 Å². The summed E-state index contributed by atoms with van der Waals surface area (Å²) < 4.78 is 1.07. The summed E-state index contributed by atoms with van der Waals surface area (Å²) in [5, 5.41) is 1.04. The smallest absolute Gasteiger partial charge is 0.124 e. The molecular weight excluding hydrogens is 308 g/mol. The molecule has 0 aliphatic carbocycles. The lowest BCUT2D eigenvalue weighted by atomic mass is 10.0. The van der Waals surface area contributed by atoms with Crippen molar-refractivity contribution in [3.8, 4) is 10.6 Å². The summed E-state index contributed by atoms with van der Waals surface area (Å²) in [7, 11) is 0. The maximum absolute atomic E-state index is 6.18. The van der Waals surface area contributed by atoms with E-state index in [0.717, 1.165) is 20.1 Å². The van der Waals surface area contributed by atoms with Crippen LogP contribution in [0.2, 0.25) is 0 Å². The monoisotopic (exact) mass is 324 g/mol. The number of halogens is 1. The van der Waals surface area contributed by atoms with Crippen LogP contribution in [0, 0.1) is 13.8 Å². The van der Waals surface area contributed by atoms with E-state index >= 15 is 0 Å². The topological polar surface area (TPSA) is 38.9 Å². The van der Waals surface area contributed by atoms with Gasteiger partial charge in [-0.3, -0.25) is 0 Å². The van der Waals surface area contributed by atoms with Gasteiger partial charge in [-0.05, 0) is 45.4 Å². The second-order valence-corrected chi connectivity index (χ2v) is 7.03. The lowest BCUT2D eigenvalue weighted by Crippen LogP contribution is -2.28. The molecule has 0 spiro atoms. The highest BCUT2D eigenvalue weighted by Gasteiger charge is 2.22. The Kier molecular flexibility index (Phi) is 3.63. The first-order chi connectivity index (χ1) is 8.29. The Morgan fingerprint density at radius 1 is 1.28 bits per heavy atom. The largest absolute Gasteiger partial charge is 0.321 e. The number of rotatable bonds is 2. The number of hydrogen-bond acceptors (Lipinski definition) is 3. The fourth-order valence-corrected chi connectivity index (χ4v) is 3.46. The number of nitrogens with two attached hydrogens (primary N) is 1. The predicted octanol–water partition coefficient (Wildman–Crippen LogP) is 4.38. The SMILES string of the molecule is Cc1ccc(Br)cc1-c1nc(C)c(C(C)(C)N)s1. The average molecular weight is 325 g/mol. The van der Waals surface area contributed by atoms with E-state index < -0.39 is 0 Å². The summed E-state index contributed by atoms with van der Waals surface area (Å²) in [6, 6.07) is 6.26. The van der Waals surface area contributed by atoms with Crippen molar-refractivity contribution in [3.63, 3.8) is 0 Å². The number of nitrogens with zero attached hydrogens (tertiary/aromatic N) is 1. The molecule has 0 aliphatic heterocycles. The van der Waals surface area contributed by atoms with Crippen LogP contribution in [0.1, 0.15) is 30.0 Å². The second kappa shape index (κ2) is 4.76. The van der Waals surface area contributed by atoms with Crippen LogP contribution in [-0.4, -0.2) is 4.98 Å². The molecule has 0 aliphatic rings. The van der Waals surface area contributed by atoms with Gasteiger partial charge in [-0.1, -0.05) is 22.0 Å². The van der Waals surface area contributed by atoms with Crippen molar-refractivity contribution in [1.82, 2.24) is 4.98 Å². The molecule has 4 heteroatoms. The Balaban J connectivity index is 2.56. The summed E-state index contributed by atoms with van der Waals surface area (Å²) >= 11 is 5.20. The van der Waals surface area contributed by atoms with Gasteiger partial charge < -0.3 is 5.73 Å². The van der Waals surface area contributed by atoms with E-state index in [2.05, 4.69) is 40.0 Å². The van der Waals surface area contributed by atoms with Crippen molar-refractivity contribution in [1.29, 1.82) is 0 Å². The van der Waals surface area contributed by atoms with Crippen molar-refractivity contribution in [2.24, 2.45) is 5.73 Å². The maximum atomic E-state index is 6.18. The Morgan fingerprint density at radius 3 is 2.50 bits per heavy atom. The zero-order valence-corrected chi connectivity index (χ0v) is 13.4. The fraction of sp³-hybridized carbons (Fsp3) is 0.357. The van der Waals surface area contributed by atoms with E-state index in [9.17, 15) is 0 Å². The van der Waals surface area contributed by atoms with Crippen molar-refractivity contribution in [2.75, 3.05) is 0 Å². The van der Waals surface area contributed by atoms with Crippen LogP contribution in [0.5, 0.6) is 0 Å². The molecule has 2 N–H and O–H groups in total. The van der Waals surface area contributed by atoms with Crippen molar-refractivity contribution < 1.29 is 0 Å². The molecule has 2 aromatic rings. The van der Waals surface area contributed by atoms with Gasteiger partial charge >= 0.3 is 0 Å². The molecule has 1 aromatic carbocycles. The normalized spacial score (nSPS) is 11.9. The first-order valence-electron chi connectivity index (χ1n) is 5.82. The Bertz CT molecular complexity index is 582. The van der Waals surface area contributed by atoms with Gasteiger partial charge in [0.1, 0.15) is 5.01 Å². The van der Waals surface area contributed by atoms with Gasteiger partial charge in [0.05, 0.1) is 5.69 Å². The Hall–Kier alpha value is -0.710. The molecule has 1 heterocycles. The van der Waals surface area contributed by atoms with Crippen LogP contribution in [-0.2, 0) is 5.54 Å². The average Bonchev–Trinajstić information content (AvgIpc) is 2.63. The quantitative estimate of drug-likeness (QED) is 0.890. The van der Waals surface area contributed by atoms with Crippen LogP contribution in [0.4, 0.5) is 0 Å². The third-order valence-corrected chi connectivity index (χ3v) is 4.84. The molecule has 2 rings (SSSR count). The van der Waals surface area contributed by atoms with Crippen LogP contribution in [0.25, 0.3) is 10.6 Å². The summed E-state index contributed by atoms with van der Waals surface area (Å²) in [5.74, 6) is 0. The summed E-state index contributed by atoms with van der Waals surface area (Å²) in [5.41, 5.74) is 9.28. The molecule has 0 atom stereocenters. The number of benzene rings is 1. The van der Waals surface area contributed by atoms with Gasteiger partial charge in [-0.2, -0.15) is 0 Å². The van der Waals surface area contributed by atoms with Gasteiger partial charge in [0.15, 0.2) is 0 Å². The van der Waals surface area contributed by atoms with Crippen LogP contribution >= 0.6 is 27.3 Å². The predicted molar refractivity (Wildman–Crippen MR) is 81.9 cm³/mol. The maximum Gasteiger partial charge on any atom is 0.124 e. The van der Waals surface area contributed by atoms with Crippen LogP contribution in [0.15, 0.2) is 22.7 Å². The highest BCUT2D eigenvalue weighted by atomic mass is 79.9. The minimum atomic E-state index is -0.333. The summed E-state index contributed by atoms with van der Waals surface area (Å²) in [6.45, 7) is 8.17. The lowest BCUT2D eigenvalue weighted by Gasteiger charge is -2.16. The molecule has 2 nitrogen and oxygen atoms in total. The number of hydrogen-bond donors (Lipinski definition) is 1. The summed E-state index contributed by atoms with van der Waals surface area (Å²) in [4.78, 5) is 5.82. The van der Waals surface area contributed by atoms with E-state index in [0.29, 0.717) is 0 Å². The highest BCUT2D eigenvalue weighted by Crippen LogP contribution is 2.35. The van der Waals surface area contributed by atoms with Gasteiger partial charge in [0, 0.05) is 20.5 Å². The molecule has 1 aromatic heterocycles. The molecule has 0 amide bonds. The third-order valence-electron chi connectivity index (χ3n) is 2.81. The number of aryl methyl sites for hydroxylation is 2. The highest BCUT2D eigenvalue weighted by molar-refractivity contribution is 9.10. The van der Waals surface area contributed by atoms with Gasteiger partial charge in [-0.25, -0.2) is 4.98 Å². The molecular formula is C14H17BrN2S. The molecule has 18 heavy (non-hydrogen) atoms. The van der Waals surface area contributed by atoms with E-state index in [-0.39, 0.29) is 5.54 Å². The minimum absolute atomic E-state index is 0.333. The van der Waals surface area contributed by atoms with E-state index in [1.54, 1.807) is 11.3 Å². The minimum Gasteiger partial charge on any atom is -0.321 e. The van der Waals surface area contributed by atoms with Crippen molar-refractivity contribution in [3.05, 3.63) is 38.8 Å². The first-order valence-corrected chi connectivity index (χ1v) is 7.43. The standard InChI is InChI=1S/C14H17BrN2S/c1-8-5-6-10(15)7-11(8)13-17-9(2)12(18-13)14(3,4)16/h5-7H,16H2,1-4H3. The molecule has 0 radical (unpaired) electrons. The second-order valence-electron chi connectivity index (χ2n) is 5.11. The van der Waals surface area contributed by atoms with Crippen molar-refractivity contribution >= 4 is 27.3 Å². The third kappa shape index (κ3) is 2.66. The number of thiazole rings is 1. The van der Waals surface area contributed by atoms with Crippen molar-refractivity contribution in [2.45, 2.75) is 33.2 Å². The first kappa shape index (κ1) is 13.7. The molecule has 96 valence electrons. The Morgan fingerprint density at radius 2 is 1.94 bits per heavy atom. The van der Waals surface area contributed by atoms with Gasteiger partial charge in [-0.15, -0.1) is 11.3 Å². The molecule has 0 bridgehead atoms. The molecule has 0 saturated heterocycles. The molecule has 0 fully saturated rings. The van der Waals surface area contributed by atoms with E-state index in [1.165, 1.54) is 11.1 Å². The zero-order chi connectivity index (χ0) is 13.5.